The highest BCUT2D eigenvalue weighted by Crippen LogP contribution is 2.17. The summed E-state index contributed by atoms with van der Waals surface area (Å²) in [5.41, 5.74) is 0. The SMILES string of the molecule is CC/C=C/C/C=C/C/C=C/C/C=C/CCCCCCCCCCCCC(=O)OCC(COCCC(C(=O)[O-])[N+](C)(C)C)OC(=O)CCCCCCCCCCCCCCCCCCCCCC. The second kappa shape index (κ2) is 49.7. The molecule has 0 spiro atoms. The van der Waals surface area contributed by atoms with Crippen LogP contribution < -0.4 is 5.11 Å². The van der Waals surface area contributed by atoms with Gasteiger partial charge in [0, 0.05) is 19.3 Å². The number of quaternary nitrogens is 1. The highest BCUT2D eigenvalue weighted by Gasteiger charge is 2.25. The molecule has 0 aliphatic carbocycles. The summed E-state index contributed by atoms with van der Waals surface area (Å²) in [4.78, 5) is 37.1. The van der Waals surface area contributed by atoms with Gasteiger partial charge in [0.2, 0.25) is 0 Å². The number of carbonyl (C=O) groups is 3. The molecule has 0 heterocycles. The highest BCUT2D eigenvalue weighted by atomic mass is 16.6. The van der Waals surface area contributed by atoms with E-state index in [1.807, 2.05) is 21.1 Å². The van der Waals surface area contributed by atoms with Gasteiger partial charge in [0.05, 0.1) is 40.3 Å². The molecule has 0 aromatic heterocycles. The van der Waals surface area contributed by atoms with E-state index < -0.39 is 18.1 Å². The zero-order valence-electron chi connectivity index (χ0n) is 44.6. The number of hydrogen-bond acceptors (Lipinski definition) is 7. The monoisotopic (exact) mass is 942 g/mol. The van der Waals surface area contributed by atoms with Crippen LogP contribution in [0.2, 0.25) is 0 Å². The first-order valence-corrected chi connectivity index (χ1v) is 28.2. The van der Waals surface area contributed by atoms with E-state index in [1.165, 1.54) is 161 Å². The molecule has 2 atom stereocenters. The minimum atomic E-state index is -1.12. The number of carboxylic acids is 1. The lowest BCUT2D eigenvalue weighted by molar-refractivity contribution is -0.889. The van der Waals surface area contributed by atoms with Crippen LogP contribution in [0, 0.1) is 0 Å². The van der Waals surface area contributed by atoms with Gasteiger partial charge in [-0.3, -0.25) is 9.59 Å². The minimum Gasteiger partial charge on any atom is -0.544 e. The molecule has 0 aromatic carbocycles. The summed E-state index contributed by atoms with van der Waals surface area (Å²) >= 11 is 0. The van der Waals surface area contributed by atoms with E-state index in [1.54, 1.807) is 0 Å². The molecule has 0 rings (SSSR count). The summed E-state index contributed by atoms with van der Waals surface area (Å²) < 4.78 is 17.3. The Bertz CT molecular complexity index is 1230. The third-order valence-corrected chi connectivity index (χ3v) is 12.7. The number of rotatable bonds is 51. The van der Waals surface area contributed by atoms with Crippen LogP contribution in [0.1, 0.15) is 258 Å². The number of allylic oxidation sites excluding steroid dienone is 8. The van der Waals surface area contributed by atoms with Gasteiger partial charge < -0.3 is 28.6 Å². The van der Waals surface area contributed by atoms with Gasteiger partial charge in [-0.15, -0.1) is 0 Å². The van der Waals surface area contributed by atoms with Crippen molar-refractivity contribution in [1.82, 2.24) is 0 Å². The molecule has 0 saturated heterocycles. The van der Waals surface area contributed by atoms with Crippen LogP contribution in [0.5, 0.6) is 0 Å². The third kappa shape index (κ3) is 48.1. The van der Waals surface area contributed by atoms with E-state index >= 15 is 0 Å². The molecule has 8 nitrogen and oxygen atoms in total. The van der Waals surface area contributed by atoms with Crippen molar-refractivity contribution in [2.75, 3.05) is 41.0 Å². The molecule has 390 valence electrons. The summed E-state index contributed by atoms with van der Waals surface area (Å²) in [6.07, 6.45) is 61.5. The van der Waals surface area contributed by atoms with Crippen molar-refractivity contribution < 1.29 is 38.2 Å². The van der Waals surface area contributed by atoms with Crippen molar-refractivity contribution in [1.29, 1.82) is 0 Å². The van der Waals surface area contributed by atoms with E-state index in [9.17, 15) is 19.5 Å². The Hall–Kier alpha value is -2.71. The fourth-order valence-electron chi connectivity index (χ4n) is 8.42. The predicted molar refractivity (Wildman–Crippen MR) is 282 cm³/mol. The molecule has 0 saturated carbocycles. The van der Waals surface area contributed by atoms with Gasteiger partial charge in [-0.2, -0.15) is 0 Å². The van der Waals surface area contributed by atoms with Crippen molar-refractivity contribution in [3.05, 3.63) is 48.6 Å². The standard InChI is InChI=1S/C59H107NO7/c1-6-8-10-12-14-16-18-20-22-24-26-28-29-30-32-33-35-37-39-41-43-45-47-49-57(61)66-54-55(53-65-52-51-56(59(63)64)60(3,4)5)67-58(62)50-48-46-44-42-40-38-36-34-31-27-25-23-21-19-17-15-13-11-9-7-2/h8,10,14,16,20,22,26,28,55-56H,6-7,9,11-13,15,17-19,21,23-25,27,29-54H2,1-5H3/b10-8+,16-14+,22-20+,28-26+. The van der Waals surface area contributed by atoms with E-state index in [4.69, 9.17) is 14.2 Å². The first-order valence-electron chi connectivity index (χ1n) is 28.2. The van der Waals surface area contributed by atoms with Gasteiger partial charge >= 0.3 is 11.9 Å². The van der Waals surface area contributed by atoms with Crippen LogP contribution in [-0.2, 0) is 28.6 Å². The second-order valence-corrected chi connectivity index (χ2v) is 20.2. The van der Waals surface area contributed by atoms with Crippen molar-refractivity contribution in [3.63, 3.8) is 0 Å². The number of unbranched alkanes of at least 4 members (excludes halogenated alkanes) is 29. The Balaban J connectivity index is 4.17. The predicted octanol–water partition coefficient (Wildman–Crippen LogP) is 15.4. The van der Waals surface area contributed by atoms with Gasteiger partial charge in [0.25, 0.3) is 0 Å². The Morgan fingerprint density at radius 2 is 0.836 bits per heavy atom. The van der Waals surface area contributed by atoms with E-state index in [0.29, 0.717) is 12.8 Å². The highest BCUT2D eigenvalue weighted by molar-refractivity contribution is 5.70. The Morgan fingerprint density at radius 1 is 0.463 bits per heavy atom. The van der Waals surface area contributed by atoms with Crippen LogP contribution in [0.25, 0.3) is 0 Å². The molecular weight excluding hydrogens is 835 g/mol. The topological polar surface area (TPSA) is 102 Å². The van der Waals surface area contributed by atoms with Crippen LogP contribution in [0.15, 0.2) is 48.6 Å². The molecule has 0 aliphatic heterocycles. The maximum absolute atomic E-state index is 12.8. The van der Waals surface area contributed by atoms with E-state index in [-0.39, 0.29) is 42.7 Å². The first kappa shape index (κ1) is 64.3. The summed E-state index contributed by atoms with van der Waals surface area (Å²) in [6.45, 7) is 4.59. The van der Waals surface area contributed by atoms with Crippen molar-refractivity contribution in [2.24, 2.45) is 0 Å². The Kier molecular flexibility index (Phi) is 47.7. The number of carbonyl (C=O) groups excluding carboxylic acids is 3. The molecule has 0 fully saturated rings. The van der Waals surface area contributed by atoms with Crippen LogP contribution in [0.4, 0.5) is 0 Å². The smallest absolute Gasteiger partial charge is 0.306 e. The number of aliphatic carboxylic acids is 1. The van der Waals surface area contributed by atoms with Gasteiger partial charge in [-0.25, -0.2) is 0 Å². The van der Waals surface area contributed by atoms with Crippen molar-refractivity contribution >= 4 is 17.9 Å². The van der Waals surface area contributed by atoms with Crippen molar-refractivity contribution in [2.45, 2.75) is 270 Å². The normalized spacial score (nSPS) is 13.1. The minimum absolute atomic E-state index is 0.0421. The molecule has 0 bridgehead atoms. The van der Waals surface area contributed by atoms with Crippen LogP contribution in [-0.4, -0.2) is 75.5 Å². The average Bonchev–Trinajstić information content (AvgIpc) is 3.29. The summed E-state index contributed by atoms with van der Waals surface area (Å²) in [6, 6.07) is -0.726. The van der Waals surface area contributed by atoms with Crippen LogP contribution in [0.3, 0.4) is 0 Å². The van der Waals surface area contributed by atoms with Gasteiger partial charge in [0.15, 0.2) is 6.10 Å². The van der Waals surface area contributed by atoms with Crippen molar-refractivity contribution in [3.8, 4) is 0 Å². The molecule has 0 N–H and O–H groups in total. The zero-order chi connectivity index (χ0) is 49.2. The quantitative estimate of drug-likeness (QED) is 0.0259. The number of carboxylic acid groups (broad SMARTS) is 1. The maximum atomic E-state index is 12.8. The lowest BCUT2D eigenvalue weighted by atomic mass is 10.0. The molecule has 0 aromatic rings. The maximum Gasteiger partial charge on any atom is 0.306 e. The molecular formula is C59H107NO7. The molecule has 67 heavy (non-hydrogen) atoms. The summed E-state index contributed by atoms with van der Waals surface area (Å²) in [5, 5.41) is 11.7. The Labute approximate surface area is 414 Å². The second-order valence-electron chi connectivity index (χ2n) is 20.2. The molecule has 0 amide bonds. The molecule has 0 aliphatic rings. The zero-order valence-corrected chi connectivity index (χ0v) is 44.6. The first-order chi connectivity index (χ1) is 32.6. The number of hydrogen-bond donors (Lipinski definition) is 0. The van der Waals surface area contributed by atoms with Gasteiger partial charge in [0.1, 0.15) is 12.6 Å². The molecule has 2 unspecified atom stereocenters. The molecule has 0 radical (unpaired) electrons. The number of likely N-dealkylation sites (N-methyl/N-ethyl adjacent to an activating group) is 1. The fourth-order valence-corrected chi connectivity index (χ4v) is 8.42. The van der Waals surface area contributed by atoms with Gasteiger partial charge in [-0.1, -0.05) is 236 Å². The summed E-state index contributed by atoms with van der Waals surface area (Å²) in [7, 11) is 5.43. The number of nitrogens with zero attached hydrogens (tertiary/aromatic N) is 1. The third-order valence-electron chi connectivity index (χ3n) is 12.7. The lowest BCUT2D eigenvalue weighted by Crippen LogP contribution is -2.55. The lowest BCUT2D eigenvalue weighted by Gasteiger charge is -2.34. The van der Waals surface area contributed by atoms with E-state index in [0.717, 1.165) is 64.2 Å². The molecule has 8 heteroatoms. The average molecular weight is 943 g/mol. The Morgan fingerprint density at radius 3 is 1.24 bits per heavy atom. The van der Waals surface area contributed by atoms with Crippen LogP contribution >= 0.6 is 0 Å². The van der Waals surface area contributed by atoms with E-state index in [2.05, 4.69) is 62.5 Å². The largest absolute Gasteiger partial charge is 0.544 e. The fraction of sp³-hybridized carbons (Fsp3) is 0.814. The summed E-state index contributed by atoms with van der Waals surface area (Å²) in [5.74, 6) is -1.72. The van der Waals surface area contributed by atoms with Gasteiger partial charge in [-0.05, 0) is 51.4 Å². The number of esters is 2. The number of ether oxygens (including phenoxy) is 3.